The first-order valence-corrected chi connectivity index (χ1v) is 4.01. The molecule has 0 aromatic heterocycles. The lowest BCUT2D eigenvalue weighted by Gasteiger charge is -1.93. The Labute approximate surface area is 71.5 Å². The third-order valence-electron chi connectivity index (χ3n) is 0.509. The van der Waals surface area contributed by atoms with Crippen LogP contribution in [-0.4, -0.2) is 17.9 Å². The first-order valence-electron chi connectivity index (χ1n) is 2.94. The number of hydrogen-bond acceptors (Lipinski definition) is 2. The van der Waals surface area contributed by atoms with Gasteiger partial charge in [0.15, 0.2) is 0 Å². The van der Waals surface area contributed by atoms with E-state index >= 15 is 0 Å². The van der Waals surface area contributed by atoms with E-state index in [1.807, 2.05) is 6.92 Å². The molecule has 2 nitrogen and oxygen atoms in total. The summed E-state index contributed by atoms with van der Waals surface area (Å²) in [4.78, 5) is 9.98. The molecule has 0 saturated carbocycles. The summed E-state index contributed by atoms with van der Waals surface area (Å²) >= 11 is 9.53. The van der Waals surface area contributed by atoms with E-state index in [2.05, 4.69) is 4.74 Å². The Morgan fingerprint density at radius 2 is 1.90 bits per heavy atom. The first-order chi connectivity index (χ1) is 4.68. The molecule has 10 heavy (non-hydrogen) atoms. The van der Waals surface area contributed by atoms with Gasteiger partial charge in [0, 0.05) is 6.92 Å². The van der Waals surface area contributed by atoms with Crippen LogP contribution in [-0.2, 0) is 9.53 Å². The van der Waals surface area contributed by atoms with Gasteiger partial charge in [0.2, 0.25) is 0 Å². The van der Waals surface area contributed by atoms with Crippen molar-refractivity contribution in [2.75, 3.05) is 11.9 Å². The predicted octanol–water partition coefficient (Wildman–Crippen LogP) is 2.38. The smallest absolute Gasteiger partial charge is 0.302 e. The van der Waals surface area contributed by atoms with Crippen molar-refractivity contribution in [3.05, 3.63) is 0 Å². The molecule has 62 valence electrons. The lowest BCUT2D eigenvalue weighted by Crippen LogP contribution is -1.98. The lowest BCUT2D eigenvalue weighted by molar-refractivity contribution is -0.140. The minimum absolute atomic E-state index is 0.193. The highest BCUT2D eigenvalue weighted by Gasteiger charge is 1.85. The van der Waals surface area contributed by atoms with Crippen LogP contribution in [0.4, 0.5) is 0 Å². The lowest BCUT2D eigenvalue weighted by atomic mass is 10.5. The maximum absolute atomic E-state index is 9.98. The number of alkyl halides is 2. The highest BCUT2D eigenvalue weighted by Crippen LogP contribution is 1.78. The normalized spacial score (nSPS) is 7.60. The SMILES string of the molecule is CCCOC(C)=O.ClCCl. The van der Waals surface area contributed by atoms with Crippen LogP contribution in [0.5, 0.6) is 0 Å². The third-order valence-corrected chi connectivity index (χ3v) is 0.509. The minimum Gasteiger partial charge on any atom is -0.466 e. The fourth-order valence-corrected chi connectivity index (χ4v) is 0.246. The van der Waals surface area contributed by atoms with Crippen molar-refractivity contribution >= 4 is 29.2 Å². The van der Waals surface area contributed by atoms with E-state index in [4.69, 9.17) is 23.2 Å². The van der Waals surface area contributed by atoms with Gasteiger partial charge in [0.25, 0.3) is 0 Å². The zero-order valence-electron chi connectivity index (χ0n) is 6.19. The molecule has 0 aliphatic rings. The van der Waals surface area contributed by atoms with E-state index in [-0.39, 0.29) is 11.3 Å². The fraction of sp³-hybridized carbons (Fsp3) is 0.833. The molecule has 0 spiro atoms. The van der Waals surface area contributed by atoms with Crippen molar-refractivity contribution in [3.63, 3.8) is 0 Å². The quantitative estimate of drug-likeness (QED) is 0.490. The van der Waals surface area contributed by atoms with Crippen LogP contribution < -0.4 is 0 Å². The van der Waals surface area contributed by atoms with E-state index in [1.54, 1.807) is 0 Å². The maximum atomic E-state index is 9.98. The summed E-state index contributed by atoms with van der Waals surface area (Å²) in [6, 6.07) is 0. The molecule has 0 amide bonds. The third kappa shape index (κ3) is 24.4. The molecule has 0 aliphatic heterocycles. The molecule has 0 aromatic rings. The average Bonchev–Trinajstić information content (AvgIpc) is 1.85. The highest BCUT2D eigenvalue weighted by atomic mass is 35.5. The summed E-state index contributed by atoms with van der Waals surface area (Å²) in [5.41, 5.74) is 0. The Kier molecular flexibility index (Phi) is 15.0. The van der Waals surface area contributed by atoms with E-state index < -0.39 is 0 Å². The van der Waals surface area contributed by atoms with E-state index in [1.165, 1.54) is 6.92 Å². The minimum atomic E-state index is -0.193. The zero-order chi connectivity index (χ0) is 8.41. The van der Waals surface area contributed by atoms with Crippen molar-refractivity contribution < 1.29 is 9.53 Å². The van der Waals surface area contributed by atoms with Crippen LogP contribution >= 0.6 is 23.2 Å². The zero-order valence-corrected chi connectivity index (χ0v) is 7.71. The number of carbonyl (C=O) groups is 1. The van der Waals surface area contributed by atoms with Gasteiger partial charge in [0.05, 0.1) is 11.9 Å². The molecule has 0 fully saturated rings. The summed E-state index contributed by atoms with van der Waals surface area (Å²) < 4.78 is 4.55. The molecule has 0 atom stereocenters. The number of halogens is 2. The second-order valence-electron chi connectivity index (χ2n) is 1.44. The Hall–Kier alpha value is 0.0500. The van der Waals surface area contributed by atoms with Crippen molar-refractivity contribution in [2.24, 2.45) is 0 Å². The fourth-order valence-electron chi connectivity index (χ4n) is 0.246. The van der Waals surface area contributed by atoms with Crippen LogP contribution in [0, 0.1) is 0 Å². The van der Waals surface area contributed by atoms with E-state index in [0.29, 0.717) is 6.61 Å². The topological polar surface area (TPSA) is 26.3 Å². The van der Waals surface area contributed by atoms with Crippen molar-refractivity contribution in [1.29, 1.82) is 0 Å². The van der Waals surface area contributed by atoms with Crippen LogP contribution in [0.2, 0.25) is 0 Å². The molecular weight excluding hydrogens is 175 g/mol. The van der Waals surface area contributed by atoms with Crippen LogP contribution in [0.15, 0.2) is 0 Å². The first kappa shape index (κ1) is 12.7. The molecule has 4 heteroatoms. The summed E-state index contributed by atoms with van der Waals surface area (Å²) in [5, 5.41) is 0.194. The van der Waals surface area contributed by atoms with Gasteiger partial charge in [-0.05, 0) is 6.42 Å². The molecule has 0 rings (SSSR count). The maximum Gasteiger partial charge on any atom is 0.302 e. The van der Waals surface area contributed by atoms with Crippen molar-refractivity contribution in [2.45, 2.75) is 20.3 Å². The second-order valence-corrected chi connectivity index (χ2v) is 2.25. The van der Waals surface area contributed by atoms with Gasteiger partial charge in [-0.3, -0.25) is 4.79 Å². The van der Waals surface area contributed by atoms with Crippen molar-refractivity contribution in [3.8, 4) is 0 Å². The van der Waals surface area contributed by atoms with Crippen LogP contribution in [0.25, 0.3) is 0 Å². The summed E-state index contributed by atoms with van der Waals surface area (Å²) in [6.07, 6.45) is 0.902. The molecular formula is C6H12Cl2O2. The molecule has 0 bridgehead atoms. The molecule has 0 radical (unpaired) electrons. The van der Waals surface area contributed by atoms with Gasteiger partial charge in [-0.25, -0.2) is 0 Å². The Bertz CT molecular complexity index is 76.1. The summed E-state index contributed by atoms with van der Waals surface area (Å²) in [7, 11) is 0. The van der Waals surface area contributed by atoms with Gasteiger partial charge >= 0.3 is 5.97 Å². The molecule has 0 aromatic carbocycles. The largest absolute Gasteiger partial charge is 0.466 e. The molecule has 0 saturated heterocycles. The van der Waals surface area contributed by atoms with Gasteiger partial charge in [-0.15, -0.1) is 23.2 Å². The average molecular weight is 187 g/mol. The number of rotatable bonds is 2. The standard InChI is InChI=1S/C5H10O2.CH2Cl2/c1-3-4-7-5(2)6;2-1-3/h3-4H2,1-2H3;1H2. The van der Waals surface area contributed by atoms with Gasteiger partial charge in [-0.1, -0.05) is 6.92 Å². The van der Waals surface area contributed by atoms with Gasteiger partial charge in [-0.2, -0.15) is 0 Å². The highest BCUT2D eigenvalue weighted by molar-refractivity contribution is 6.40. The molecule has 0 aliphatic carbocycles. The van der Waals surface area contributed by atoms with Crippen LogP contribution in [0.1, 0.15) is 20.3 Å². The Morgan fingerprint density at radius 3 is 2.00 bits per heavy atom. The summed E-state index contributed by atoms with van der Waals surface area (Å²) in [5.74, 6) is -0.193. The van der Waals surface area contributed by atoms with Crippen molar-refractivity contribution in [1.82, 2.24) is 0 Å². The number of carbonyl (C=O) groups excluding carboxylic acids is 1. The van der Waals surface area contributed by atoms with E-state index in [0.717, 1.165) is 6.42 Å². The number of esters is 1. The summed E-state index contributed by atoms with van der Waals surface area (Å²) in [6.45, 7) is 3.92. The Morgan fingerprint density at radius 1 is 1.50 bits per heavy atom. The number of ether oxygens (including phenoxy) is 1. The second kappa shape index (κ2) is 11.8. The molecule has 0 N–H and O–H groups in total. The van der Waals surface area contributed by atoms with E-state index in [9.17, 15) is 4.79 Å². The monoisotopic (exact) mass is 186 g/mol. The van der Waals surface area contributed by atoms with Gasteiger partial charge in [0.1, 0.15) is 0 Å². The number of hydrogen-bond donors (Lipinski definition) is 0. The predicted molar refractivity (Wildman–Crippen MR) is 43.5 cm³/mol. The van der Waals surface area contributed by atoms with Gasteiger partial charge < -0.3 is 4.74 Å². The molecule has 0 unspecified atom stereocenters. The van der Waals surface area contributed by atoms with Crippen LogP contribution in [0.3, 0.4) is 0 Å². The Balaban J connectivity index is 0. The molecule has 0 heterocycles.